The third-order valence-electron chi connectivity index (χ3n) is 0.776. The lowest BCUT2D eigenvalue weighted by molar-refractivity contribution is 0.416. The first kappa shape index (κ1) is 7.14. The van der Waals surface area contributed by atoms with E-state index in [0.29, 0.717) is 0 Å². The van der Waals surface area contributed by atoms with Gasteiger partial charge in [0.05, 0.1) is 7.05 Å². The zero-order valence-electron chi connectivity index (χ0n) is 5.55. The standard InChI is InChI=1S/C5H11N3/c1-5(2)8(4)7-6-3/h1H2,2-4H3/b7-6-. The number of allylic oxidation sites excluding steroid dienone is 1. The van der Waals surface area contributed by atoms with Crippen molar-refractivity contribution in [1.82, 2.24) is 5.01 Å². The Morgan fingerprint density at radius 2 is 2.12 bits per heavy atom. The first-order valence-electron chi connectivity index (χ1n) is 2.37. The predicted octanol–water partition coefficient (Wildman–Crippen LogP) is 1.45. The highest BCUT2D eigenvalue weighted by Crippen LogP contribution is 1.94. The van der Waals surface area contributed by atoms with Gasteiger partial charge in [0.1, 0.15) is 0 Å². The Morgan fingerprint density at radius 3 is 2.25 bits per heavy atom. The van der Waals surface area contributed by atoms with E-state index >= 15 is 0 Å². The van der Waals surface area contributed by atoms with Gasteiger partial charge in [0.25, 0.3) is 0 Å². The molecule has 0 spiro atoms. The summed E-state index contributed by atoms with van der Waals surface area (Å²) in [6.45, 7) is 5.52. The van der Waals surface area contributed by atoms with Crippen molar-refractivity contribution in [3.8, 4) is 0 Å². The maximum absolute atomic E-state index is 3.68. The van der Waals surface area contributed by atoms with Crippen LogP contribution in [-0.4, -0.2) is 19.1 Å². The minimum Gasteiger partial charge on any atom is -0.255 e. The first-order chi connectivity index (χ1) is 3.68. The molecule has 0 N–H and O–H groups in total. The van der Waals surface area contributed by atoms with Crippen molar-refractivity contribution < 1.29 is 0 Å². The Hall–Kier alpha value is -0.860. The van der Waals surface area contributed by atoms with E-state index in [-0.39, 0.29) is 0 Å². The smallest absolute Gasteiger partial charge is 0.0509 e. The molecule has 8 heavy (non-hydrogen) atoms. The highest BCUT2D eigenvalue weighted by Gasteiger charge is 1.87. The van der Waals surface area contributed by atoms with Crippen molar-refractivity contribution in [1.29, 1.82) is 0 Å². The molecule has 0 aliphatic rings. The summed E-state index contributed by atoms with van der Waals surface area (Å²) in [6.07, 6.45) is 0. The largest absolute Gasteiger partial charge is 0.255 e. The van der Waals surface area contributed by atoms with Gasteiger partial charge in [0.15, 0.2) is 0 Å². The maximum Gasteiger partial charge on any atom is 0.0509 e. The lowest BCUT2D eigenvalue weighted by Crippen LogP contribution is -2.04. The first-order valence-corrected chi connectivity index (χ1v) is 2.37. The SMILES string of the molecule is C=C(C)N(C)/N=N\C. The molecule has 0 saturated carbocycles. The van der Waals surface area contributed by atoms with E-state index in [1.807, 2.05) is 6.92 Å². The van der Waals surface area contributed by atoms with Crippen LogP contribution < -0.4 is 0 Å². The monoisotopic (exact) mass is 113 g/mol. The van der Waals surface area contributed by atoms with Gasteiger partial charge >= 0.3 is 0 Å². The minimum absolute atomic E-state index is 0.885. The van der Waals surface area contributed by atoms with Crippen molar-refractivity contribution in [2.24, 2.45) is 10.3 Å². The molecular weight excluding hydrogens is 102 g/mol. The fraction of sp³-hybridized carbons (Fsp3) is 0.600. The van der Waals surface area contributed by atoms with E-state index in [4.69, 9.17) is 0 Å². The molecule has 3 nitrogen and oxygen atoms in total. The van der Waals surface area contributed by atoms with Gasteiger partial charge in [-0.3, -0.25) is 5.01 Å². The van der Waals surface area contributed by atoms with Crippen LogP contribution in [0.5, 0.6) is 0 Å². The Morgan fingerprint density at radius 1 is 1.62 bits per heavy atom. The molecule has 0 rings (SSSR count). The van der Waals surface area contributed by atoms with Gasteiger partial charge in [-0.15, -0.1) is 0 Å². The second-order valence-electron chi connectivity index (χ2n) is 1.55. The van der Waals surface area contributed by atoms with Crippen LogP contribution in [0.25, 0.3) is 0 Å². The predicted molar refractivity (Wildman–Crippen MR) is 33.4 cm³/mol. The average molecular weight is 113 g/mol. The van der Waals surface area contributed by atoms with Crippen molar-refractivity contribution >= 4 is 0 Å². The summed E-state index contributed by atoms with van der Waals surface area (Å²) in [5, 5.41) is 8.84. The molecule has 0 aromatic rings. The van der Waals surface area contributed by atoms with Crippen LogP contribution in [0.3, 0.4) is 0 Å². The maximum atomic E-state index is 3.68. The molecule has 0 bridgehead atoms. The van der Waals surface area contributed by atoms with Gasteiger partial charge in [-0.05, 0) is 6.92 Å². The normalized spacial score (nSPS) is 9.88. The van der Waals surface area contributed by atoms with E-state index in [0.717, 1.165) is 5.70 Å². The quantitative estimate of drug-likeness (QED) is 0.393. The second-order valence-corrected chi connectivity index (χ2v) is 1.55. The van der Waals surface area contributed by atoms with Crippen LogP contribution in [-0.2, 0) is 0 Å². The van der Waals surface area contributed by atoms with Crippen molar-refractivity contribution in [2.45, 2.75) is 6.92 Å². The summed E-state index contributed by atoms with van der Waals surface area (Å²) in [4.78, 5) is 0. The topological polar surface area (TPSA) is 28.0 Å². The lowest BCUT2D eigenvalue weighted by Gasteiger charge is -2.07. The van der Waals surface area contributed by atoms with Gasteiger partial charge in [0, 0.05) is 12.7 Å². The summed E-state index contributed by atoms with van der Waals surface area (Å²) in [6, 6.07) is 0. The molecule has 46 valence electrons. The number of hydrogen-bond donors (Lipinski definition) is 0. The van der Waals surface area contributed by atoms with E-state index in [2.05, 4.69) is 16.9 Å². The summed E-state index contributed by atoms with van der Waals surface area (Å²) >= 11 is 0. The van der Waals surface area contributed by atoms with E-state index in [1.165, 1.54) is 0 Å². The molecule has 0 fully saturated rings. The molecular formula is C5H11N3. The molecule has 0 aromatic heterocycles. The van der Waals surface area contributed by atoms with Gasteiger partial charge in [-0.1, -0.05) is 11.8 Å². The van der Waals surface area contributed by atoms with Gasteiger partial charge in [0.2, 0.25) is 0 Å². The number of rotatable bonds is 2. The highest BCUT2D eigenvalue weighted by atomic mass is 15.5. The molecule has 0 heterocycles. The third-order valence-corrected chi connectivity index (χ3v) is 0.776. The highest BCUT2D eigenvalue weighted by molar-refractivity contribution is 4.82. The van der Waals surface area contributed by atoms with Gasteiger partial charge in [-0.25, -0.2) is 0 Å². The summed E-state index contributed by atoms with van der Waals surface area (Å²) in [7, 11) is 3.43. The molecule has 0 aliphatic carbocycles. The van der Waals surface area contributed by atoms with E-state index < -0.39 is 0 Å². The molecule has 0 radical (unpaired) electrons. The molecule has 0 aliphatic heterocycles. The van der Waals surface area contributed by atoms with Crippen molar-refractivity contribution in [2.75, 3.05) is 14.1 Å². The molecule has 0 unspecified atom stereocenters. The fourth-order valence-corrected chi connectivity index (χ4v) is 0.211. The van der Waals surface area contributed by atoms with E-state index in [9.17, 15) is 0 Å². The van der Waals surface area contributed by atoms with Gasteiger partial charge in [-0.2, -0.15) is 5.11 Å². The van der Waals surface area contributed by atoms with Gasteiger partial charge < -0.3 is 0 Å². The average Bonchev–Trinajstić information content (AvgIpc) is 1.67. The summed E-state index contributed by atoms with van der Waals surface area (Å²) in [5.41, 5.74) is 0.885. The van der Waals surface area contributed by atoms with Crippen LogP contribution in [0, 0.1) is 0 Å². The van der Waals surface area contributed by atoms with Crippen LogP contribution in [0.2, 0.25) is 0 Å². The molecule has 0 amide bonds. The zero-order chi connectivity index (χ0) is 6.57. The minimum atomic E-state index is 0.885. The Bertz CT molecular complexity index is 106. The van der Waals surface area contributed by atoms with Crippen LogP contribution in [0.1, 0.15) is 6.92 Å². The second kappa shape index (κ2) is 3.18. The number of hydrogen-bond acceptors (Lipinski definition) is 2. The Labute approximate surface area is 49.7 Å². The zero-order valence-corrected chi connectivity index (χ0v) is 5.55. The van der Waals surface area contributed by atoms with Crippen LogP contribution in [0.15, 0.2) is 22.6 Å². The molecule has 0 saturated heterocycles. The van der Waals surface area contributed by atoms with Crippen LogP contribution in [0.4, 0.5) is 0 Å². The van der Waals surface area contributed by atoms with Crippen molar-refractivity contribution in [3.05, 3.63) is 12.3 Å². The fourth-order valence-electron chi connectivity index (χ4n) is 0.211. The third kappa shape index (κ3) is 2.34. The molecule has 0 atom stereocenters. The molecule has 3 heteroatoms. The summed E-state index contributed by atoms with van der Waals surface area (Å²) < 4.78 is 0. The number of nitrogens with zero attached hydrogens (tertiary/aromatic N) is 3. The Kier molecular flexibility index (Phi) is 2.84. The van der Waals surface area contributed by atoms with Crippen LogP contribution >= 0.6 is 0 Å². The lowest BCUT2D eigenvalue weighted by atomic mass is 10.6. The molecule has 0 aromatic carbocycles. The Balaban J connectivity index is 3.64. The summed E-state index contributed by atoms with van der Waals surface area (Å²) in [5.74, 6) is 0. The van der Waals surface area contributed by atoms with Crippen molar-refractivity contribution in [3.63, 3.8) is 0 Å². The van der Waals surface area contributed by atoms with E-state index in [1.54, 1.807) is 19.1 Å².